The van der Waals surface area contributed by atoms with Crippen LogP contribution in [0.4, 0.5) is 42.5 Å². The minimum Gasteiger partial charge on any atom is -0.323 e. The monoisotopic (exact) mass is 487 g/mol. The fraction of sp³-hybridized carbons (Fsp3) is 0.429. The smallest absolute Gasteiger partial charge is 0.323 e. The molecule has 0 bridgehead atoms. The minimum atomic E-state index is -4.61. The number of hydrogen-bond donors (Lipinski definition) is 1. The third kappa shape index (κ3) is 5.39. The van der Waals surface area contributed by atoms with Gasteiger partial charge in [-0.2, -0.15) is 26.3 Å². The molecule has 0 spiro atoms. The zero-order chi connectivity index (χ0) is 24.7. The van der Waals surface area contributed by atoms with Gasteiger partial charge in [0.15, 0.2) is 0 Å². The van der Waals surface area contributed by atoms with Gasteiger partial charge in [0, 0.05) is 6.54 Å². The highest BCUT2D eigenvalue weighted by molar-refractivity contribution is 5.99. The average molecular weight is 487 g/mol. The van der Waals surface area contributed by atoms with E-state index < -0.39 is 35.7 Å². The van der Waals surface area contributed by atoms with E-state index in [1.165, 1.54) is 9.80 Å². The molecule has 13 heteroatoms. The van der Waals surface area contributed by atoms with E-state index in [0.29, 0.717) is 12.3 Å². The van der Waals surface area contributed by atoms with Crippen LogP contribution in [0, 0.1) is 5.92 Å². The second-order valence-electron chi connectivity index (χ2n) is 8.23. The first-order chi connectivity index (χ1) is 15.9. The summed E-state index contributed by atoms with van der Waals surface area (Å²) in [6.07, 6.45) is -4.78. The predicted molar refractivity (Wildman–Crippen MR) is 108 cm³/mol. The topological polar surface area (TPSA) is 78.4 Å². The molecule has 1 saturated carbocycles. The fourth-order valence-electron chi connectivity index (χ4n) is 3.76. The van der Waals surface area contributed by atoms with Crippen molar-refractivity contribution < 1.29 is 35.9 Å². The summed E-state index contributed by atoms with van der Waals surface area (Å²) in [6, 6.07) is 2.81. The van der Waals surface area contributed by atoms with Crippen molar-refractivity contribution in [2.24, 2.45) is 5.92 Å². The molecule has 182 valence electrons. The van der Waals surface area contributed by atoms with Crippen molar-refractivity contribution >= 4 is 23.3 Å². The van der Waals surface area contributed by atoms with Gasteiger partial charge in [-0.3, -0.25) is 9.69 Å². The van der Waals surface area contributed by atoms with E-state index in [-0.39, 0.29) is 30.5 Å². The van der Waals surface area contributed by atoms with Crippen LogP contribution in [0.15, 0.2) is 36.7 Å². The number of aromatic nitrogens is 2. The Morgan fingerprint density at radius 1 is 0.971 bits per heavy atom. The van der Waals surface area contributed by atoms with Gasteiger partial charge in [0.25, 0.3) is 0 Å². The van der Waals surface area contributed by atoms with Crippen LogP contribution in [-0.2, 0) is 17.1 Å². The second kappa shape index (κ2) is 8.76. The molecule has 1 aliphatic heterocycles. The van der Waals surface area contributed by atoms with Crippen LogP contribution in [0.2, 0.25) is 0 Å². The van der Waals surface area contributed by atoms with E-state index in [1.54, 1.807) is 0 Å². The molecule has 3 amide bonds. The highest BCUT2D eigenvalue weighted by atomic mass is 19.4. The molecule has 4 rings (SSSR count). The lowest BCUT2D eigenvalue weighted by Crippen LogP contribution is -2.41. The maximum Gasteiger partial charge on any atom is 0.433 e. The number of pyridine rings is 2. The Morgan fingerprint density at radius 3 is 2.09 bits per heavy atom. The molecular formula is C21H19F6N5O2. The Hall–Kier alpha value is -3.38. The molecule has 34 heavy (non-hydrogen) atoms. The third-order valence-electron chi connectivity index (χ3n) is 5.61. The fourth-order valence-corrected chi connectivity index (χ4v) is 3.76. The van der Waals surface area contributed by atoms with E-state index in [2.05, 4.69) is 15.3 Å². The highest BCUT2D eigenvalue weighted by Crippen LogP contribution is 2.37. The van der Waals surface area contributed by atoms with Gasteiger partial charge in [-0.05, 0) is 36.6 Å². The highest BCUT2D eigenvalue weighted by Gasteiger charge is 2.42. The number of alkyl halides is 6. The SMILES string of the molecule is O=C(CN1C(=O)N(c2ccc(C(F)(F)F)nc2)C[C@@H]1CC1CC1)Nc1ccc(C(F)(F)F)nc1. The molecule has 1 aliphatic carbocycles. The summed E-state index contributed by atoms with van der Waals surface area (Å²) in [7, 11) is 0. The first-order valence-corrected chi connectivity index (χ1v) is 10.4. The normalized spacial score (nSPS) is 19.0. The van der Waals surface area contributed by atoms with Gasteiger partial charge in [0.2, 0.25) is 5.91 Å². The van der Waals surface area contributed by atoms with Crippen molar-refractivity contribution in [1.82, 2.24) is 14.9 Å². The quantitative estimate of drug-likeness (QED) is 0.606. The van der Waals surface area contributed by atoms with Crippen LogP contribution in [-0.4, -0.2) is 45.9 Å². The molecule has 2 fully saturated rings. The number of carbonyl (C=O) groups excluding carboxylic acids is 2. The number of urea groups is 1. The van der Waals surface area contributed by atoms with Crippen LogP contribution in [0.5, 0.6) is 0 Å². The Kier molecular flexibility index (Phi) is 6.13. The van der Waals surface area contributed by atoms with Gasteiger partial charge < -0.3 is 10.2 Å². The number of halogens is 6. The Morgan fingerprint density at radius 2 is 1.59 bits per heavy atom. The van der Waals surface area contributed by atoms with Gasteiger partial charge in [-0.15, -0.1) is 0 Å². The van der Waals surface area contributed by atoms with E-state index in [4.69, 9.17) is 0 Å². The molecule has 3 heterocycles. The lowest BCUT2D eigenvalue weighted by Gasteiger charge is -2.22. The Balaban J connectivity index is 1.46. The number of anilines is 2. The standard InChI is InChI=1S/C21H19F6N5O2/c22-20(23,24)16-5-3-13(8-28-16)30-18(33)11-32-15(7-12-1-2-12)10-31(19(32)34)14-4-6-17(29-9-14)21(25,26)27/h3-6,8-9,12,15H,1-2,7,10-11H2,(H,30,33)/t15-/m0/s1. The van der Waals surface area contributed by atoms with Crippen molar-refractivity contribution in [1.29, 1.82) is 0 Å². The van der Waals surface area contributed by atoms with E-state index in [9.17, 15) is 35.9 Å². The van der Waals surface area contributed by atoms with Crippen LogP contribution in [0.1, 0.15) is 30.7 Å². The summed E-state index contributed by atoms with van der Waals surface area (Å²) in [5.74, 6) is -0.240. The first kappa shape index (κ1) is 23.8. The number of amides is 3. The number of nitrogens with one attached hydrogen (secondary N) is 1. The lowest BCUT2D eigenvalue weighted by molar-refractivity contribution is -0.141. The van der Waals surface area contributed by atoms with Gasteiger partial charge >= 0.3 is 18.4 Å². The van der Waals surface area contributed by atoms with Crippen molar-refractivity contribution in [3.63, 3.8) is 0 Å². The van der Waals surface area contributed by atoms with Crippen LogP contribution < -0.4 is 10.2 Å². The molecular weight excluding hydrogens is 468 g/mol. The molecule has 2 aromatic heterocycles. The summed E-state index contributed by atoms with van der Waals surface area (Å²) in [6.45, 7) is -0.195. The van der Waals surface area contributed by atoms with Gasteiger partial charge in [-0.1, -0.05) is 12.8 Å². The van der Waals surface area contributed by atoms with Crippen molar-refractivity contribution in [3.8, 4) is 0 Å². The lowest BCUT2D eigenvalue weighted by atomic mass is 10.1. The van der Waals surface area contributed by atoms with E-state index in [0.717, 1.165) is 49.5 Å². The average Bonchev–Trinajstić information content (AvgIpc) is 3.53. The molecule has 1 atom stereocenters. The van der Waals surface area contributed by atoms with E-state index >= 15 is 0 Å². The van der Waals surface area contributed by atoms with Crippen molar-refractivity contribution in [3.05, 3.63) is 48.0 Å². The van der Waals surface area contributed by atoms with E-state index in [1.807, 2.05) is 0 Å². The predicted octanol–water partition coefficient (Wildman–Crippen LogP) is 4.56. The van der Waals surface area contributed by atoms with Crippen LogP contribution >= 0.6 is 0 Å². The van der Waals surface area contributed by atoms with Gasteiger partial charge in [0.05, 0.1) is 29.8 Å². The second-order valence-corrected chi connectivity index (χ2v) is 8.23. The maximum absolute atomic E-state index is 13.0. The largest absolute Gasteiger partial charge is 0.433 e. The third-order valence-corrected chi connectivity index (χ3v) is 5.61. The van der Waals surface area contributed by atoms with Crippen LogP contribution in [0.25, 0.3) is 0 Å². The molecule has 0 radical (unpaired) electrons. The Labute approximate surface area is 189 Å². The van der Waals surface area contributed by atoms with Crippen molar-refractivity contribution in [2.75, 3.05) is 23.3 Å². The zero-order valence-electron chi connectivity index (χ0n) is 17.5. The summed E-state index contributed by atoms with van der Waals surface area (Å²) in [5.41, 5.74) is -1.98. The number of rotatable bonds is 6. The van der Waals surface area contributed by atoms with Crippen molar-refractivity contribution in [2.45, 2.75) is 37.7 Å². The van der Waals surface area contributed by atoms with Crippen LogP contribution in [0.3, 0.4) is 0 Å². The van der Waals surface area contributed by atoms with Gasteiger partial charge in [-0.25, -0.2) is 14.8 Å². The van der Waals surface area contributed by atoms with Gasteiger partial charge in [0.1, 0.15) is 17.9 Å². The molecule has 1 N–H and O–H groups in total. The molecule has 1 saturated heterocycles. The first-order valence-electron chi connectivity index (χ1n) is 10.4. The molecule has 0 aromatic carbocycles. The number of carbonyl (C=O) groups is 2. The number of nitrogens with zero attached hydrogens (tertiary/aromatic N) is 4. The summed E-state index contributed by atoms with van der Waals surface area (Å²) in [5, 5.41) is 2.42. The molecule has 2 aromatic rings. The summed E-state index contributed by atoms with van der Waals surface area (Å²) < 4.78 is 76.3. The Bertz CT molecular complexity index is 1050. The molecule has 0 unspecified atom stereocenters. The number of hydrogen-bond acceptors (Lipinski definition) is 4. The zero-order valence-corrected chi connectivity index (χ0v) is 17.5. The summed E-state index contributed by atoms with van der Waals surface area (Å²) >= 11 is 0. The summed E-state index contributed by atoms with van der Waals surface area (Å²) in [4.78, 5) is 34.8. The molecule has 7 nitrogen and oxygen atoms in total. The maximum atomic E-state index is 13.0. The minimum absolute atomic E-state index is 0.0344. The molecule has 2 aliphatic rings.